The third-order valence-electron chi connectivity index (χ3n) is 5.41. The van der Waals surface area contributed by atoms with E-state index in [0.717, 1.165) is 5.56 Å². The molecule has 6 N–H and O–H groups in total. The summed E-state index contributed by atoms with van der Waals surface area (Å²) in [7, 11) is 0. The molecule has 1 aromatic rings. The molecule has 1 rings (SSSR count). The number of hydrogen-bond acceptors (Lipinski definition) is 6. The van der Waals surface area contributed by atoms with Crippen LogP contribution in [0.2, 0.25) is 0 Å². The number of aliphatic carboxylic acids is 1. The monoisotopic (exact) mass is 494 g/mol. The Morgan fingerprint density at radius 2 is 1.44 bits per heavy atom. The molecule has 4 unspecified atom stereocenters. The molecular weight excluding hydrogens is 456 g/mol. The number of carbonyl (C=O) groups is 4. The number of carbonyl (C=O) groups excluding carboxylic acids is 3. The van der Waals surface area contributed by atoms with Gasteiger partial charge in [0.1, 0.15) is 18.1 Å². The third-order valence-corrected chi connectivity index (χ3v) is 6.05. The lowest BCUT2D eigenvalue weighted by Crippen LogP contribution is -2.58. The zero-order valence-electron chi connectivity index (χ0n) is 20.5. The van der Waals surface area contributed by atoms with E-state index in [2.05, 4.69) is 16.0 Å². The summed E-state index contributed by atoms with van der Waals surface area (Å²) in [5.41, 5.74) is 6.79. The number of benzene rings is 1. The highest BCUT2D eigenvalue weighted by Crippen LogP contribution is 2.09. The molecule has 3 amide bonds. The van der Waals surface area contributed by atoms with Crippen LogP contribution >= 0.6 is 11.8 Å². The van der Waals surface area contributed by atoms with Crippen molar-refractivity contribution in [3.8, 4) is 0 Å². The van der Waals surface area contributed by atoms with Crippen molar-refractivity contribution in [2.24, 2.45) is 17.6 Å². The minimum atomic E-state index is -1.14. The van der Waals surface area contributed by atoms with Gasteiger partial charge in [-0.05, 0) is 35.8 Å². The van der Waals surface area contributed by atoms with E-state index < -0.39 is 47.9 Å². The van der Waals surface area contributed by atoms with E-state index in [1.807, 2.05) is 50.4 Å². The van der Waals surface area contributed by atoms with Gasteiger partial charge in [0.15, 0.2) is 0 Å². The second-order valence-corrected chi connectivity index (χ2v) is 9.92. The Hall–Kier alpha value is -2.59. The lowest BCUT2D eigenvalue weighted by molar-refractivity contribution is -0.143. The first-order valence-corrected chi connectivity index (χ1v) is 12.8. The van der Waals surface area contributed by atoms with Crippen LogP contribution in [0.25, 0.3) is 0 Å². The summed E-state index contributed by atoms with van der Waals surface area (Å²) in [5, 5.41) is 17.4. The molecular formula is C24H38N4O5S. The Morgan fingerprint density at radius 3 is 1.94 bits per heavy atom. The quantitative estimate of drug-likeness (QED) is 0.260. The van der Waals surface area contributed by atoms with Crippen molar-refractivity contribution in [2.75, 3.05) is 12.0 Å². The number of nitrogens with two attached hydrogens (primary N) is 1. The second-order valence-electron chi connectivity index (χ2n) is 8.93. The molecule has 0 saturated carbocycles. The topological polar surface area (TPSA) is 151 Å². The van der Waals surface area contributed by atoms with Gasteiger partial charge in [0, 0.05) is 6.42 Å². The first-order chi connectivity index (χ1) is 16.0. The Kier molecular flexibility index (Phi) is 12.7. The number of carboxylic acids is 1. The van der Waals surface area contributed by atoms with Gasteiger partial charge in [-0.3, -0.25) is 14.4 Å². The molecule has 34 heavy (non-hydrogen) atoms. The molecule has 0 aliphatic carbocycles. The summed E-state index contributed by atoms with van der Waals surface area (Å²) in [4.78, 5) is 50.3. The van der Waals surface area contributed by atoms with Gasteiger partial charge in [-0.2, -0.15) is 11.8 Å². The largest absolute Gasteiger partial charge is 0.480 e. The van der Waals surface area contributed by atoms with Crippen LogP contribution in [-0.2, 0) is 25.6 Å². The number of carboxylic acid groups (broad SMARTS) is 1. The van der Waals surface area contributed by atoms with Crippen LogP contribution in [0.15, 0.2) is 30.3 Å². The molecule has 190 valence electrons. The Morgan fingerprint density at radius 1 is 0.882 bits per heavy atom. The van der Waals surface area contributed by atoms with Crippen LogP contribution in [0, 0.1) is 11.8 Å². The summed E-state index contributed by atoms with van der Waals surface area (Å²) in [6.07, 6.45) is 2.39. The lowest BCUT2D eigenvalue weighted by atomic mass is 10.0. The van der Waals surface area contributed by atoms with E-state index in [0.29, 0.717) is 12.2 Å². The molecule has 0 bridgehead atoms. The van der Waals surface area contributed by atoms with Crippen LogP contribution in [-0.4, -0.2) is 65.0 Å². The predicted molar refractivity (Wildman–Crippen MR) is 134 cm³/mol. The maximum Gasteiger partial charge on any atom is 0.326 e. The van der Waals surface area contributed by atoms with Crippen LogP contribution in [0.1, 0.15) is 39.7 Å². The number of thioether (sulfide) groups is 1. The van der Waals surface area contributed by atoms with Crippen molar-refractivity contribution < 1.29 is 24.3 Å². The maximum absolute atomic E-state index is 13.2. The van der Waals surface area contributed by atoms with Gasteiger partial charge in [-0.1, -0.05) is 58.0 Å². The van der Waals surface area contributed by atoms with E-state index in [1.54, 1.807) is 13.8 Å². The summed E-state index contributed by atoms with van der Waals surface area (Å²) < 4.78 is 0. The Bertz CT molecular complexity index is 819. The minimum absolute atomic E-state index is 0.121. The first kappa shape index (κ1) is 29.4. The van der Waals surface area contributed by atoms with Gasteiger partial charge in [-0.15, -0.1) is 0 Å². The standard InChI is InChI=1S/C24H38N4O5S/c1-14(2)19(25)23(31)27-18(13-16-9-7-6-8-10-16)22(30)26-17(11-12-34-5)21(29)28-20(15(3)4)24(32)33/h6-10,14-15,17-20H,11-13,25H2,1-5H3,(H,26,30)(H,27,31)(H,28,29)(H,32,33). The molecule has 0 aliphatic rings. The van der Waals surface area contributed by atoms with Crippen molar-refractivity contribution in [3.63, 3.8) is 0 Å². The molecule has 0 heterocycles. The maximum atomic E-state index is 13.2. The van der Waals surface area contributed by atoms with Crippen LogP contribution in [0.3, 0.4) is 0 Å². The Balaban J connectivity index is 3.08. The lowest BCUT2D eigenvalue weighted by Gasteiger charge is -2.26. The highest BCUT2D eigenvalue weighted by atomic mass is 32.2. The van der Waals surface area contributed by atoms with Gasteiger partial charge < -0.3 is 26.8 Å². The number of hydrogen-bond donors (Lipinski definition) is 5. The Labute approximate surface area is 206 Å². The summed E-state index contributed by atoms with van der Waals surface area (Å²) in [5.74, 6) is -2.59. The predicted octanol–water partition coefficient (Wildman–Crippen LogP) is 1.16. The average molecular weight is 495 g/mol. The van der Waals surface area contributed by atoms with Crippen molar-refractivity contribution in [2.45, 2.75) is 64.7 Å². The summed E-state index contributed by atoms with van der Waals surface area (Å²) in [6, 6.07) is 5.42. The molecule has 0 aromatic heterocycles. The minimum Gasteiger partial charge on any atom is -0.480 e. The number of nitrogens with one attached hydrogen (secondary N) is 3. The number of rotatable bonds is 14. The average Bonchev–Trinajstić information content (AvgIpc) is 2.78. The summed E-state index contributed by atoms with van der Waals surface area (Å²) in [6.45, 7) is 7.01. The fourth-order valence-corrected chi connectivity index (χ4v) is 3.65. The van der Waals surface area contributed by atoms with Crippen LogP contribution < -0.4 is 21.7 Å². The summed E-state index contributed by atoms with van der Waals surface area (Å²) >= 11 is 1.50. The van der Waals surface area contributed by atoms with E-state index in [-0.39, 0.29) is 18.3 Å². The van der Waals surface area contributed by atoms with Crippen molar-refractivity contribution in [3.05, 3.63) is 35.9 Å². The fraction of sp³-hybridized carbons (Fsp3) is 0.583. The number of amides is 3. The van der Waals surface area contributed by atoms with Crippen LogP contribution in [0.5, 0.6) is 0 Å². The SMILES string of the molecule is CSCCC(NC(=O)C(Cc1ccccc1)NC(=O)C(N)C(C)C)C(=O)NC(C(=O)O)C(C)C. The highest BCUT2D eigenvalue weighted by molar-refractivity contribution is 7.98. The molecule has 0 aliphatic heterocycles. The fourth-order valence-electron chi connectivity index (χ4n) is 3.17. The molecule has 0 saturated heterocycles. The zero-order chi connectivity index (χ0) is 25.8. The van der Waals surface area contributed by atoms with E-state index in [9.17, 15) is 24.3 Å². The zero-order valence-corrected chi connectivity index (χ0v) is 21.4. The molecule has 0 radical (unpaired) electrons. The molecule has 1 aromatic carbocycles. The van der Waals surface area contributed by atoms with Crippen molar-refractivity contribution in [1.29, 1.82) is 0 Å². The van der Waals surface area contributed by atoms with Gasteiger partial charge in [-0.25, -0.2) is 4.79 Å². The third kappa shape index (κ3) is 9.72. The van der Waals surface area contributed by atoms with Gasteiger partial charge >= 0.3 is 5.97 Å². The highest BCUT2D eigenvalue weighted by Gasteiger charge is 2.31. The first-order valence-electron chi connectivity index (χ1n) is 11.4. The molecule has 4 atom stereocenters. The van der Waals surface area contributed by atoms with Crippen molar-refractivity contribution >= 4 is 35.5 Å². The van der Waals surface area contributed by atoms with Crippen LogP contribution in [0.4, 0.5) is 0 Å². The molecule has 9 nitrogen and oxygen atoms in total. The van der Waals surface area contributed by atoms with E-state index in [4.69, 9.17) is 5.73 Å². The van der Waals surface area contributed by atoms with Crippen molar-refractivity contribution in [1.82, 2.24) is 16.0 Å². The van der Waals surface area contributed by atoms with Gasteiger partial charge in [0.2, 0.25) is 17.7 Å². The van der Waals surface area contributed by atoms with Gasteiger partial charge in [0.25, 0.3) is 0 Å². The van der Waals surface area contributed by atoms with E-state index >= 15 is 0 Å². The second kappa shape index (κ2) is 14.6. The normalized spacial score (nSPS) is 14.7. The van der Waals surface area contributed by atoms with Gasteiger partial charge in [0.05, 0.1) is 6.04 Å². The molecule has 0 fully saturated rings. The smallest absolute Gasteiger partial charge is 0.326 e. The van der Waals surface area contributed by atoms with E-state index in [1.165, 1.54) is 11.8 Å². The molecule has 10 heteroatoms. The molecule has 0 spiro atoms.